The summed E-state index contributed by atoms with van der Waals surface area (Å²) in [6, 6.07) is 7.96. The van der Waals surface area contributed by atoms with Crippen molar-refractivity contribution in [2.24, 2.45) is 4.99 Å². The maximum atomic E-state index is 8.49. The summed E-state index contributed by atoms with van der Waals surface area (Å²) in [5, 5.41) is 0.499. The lowest BCUT2D eigenvalue weighted by atomic mass is 10.2. The summed E-state index contributed by atoms with van der Waals surface area (Å²) in [5.74, 6) is 0. The third kappa shape index (κ3) is 11.1. The zero-order chi connectivity index (χ0) is 16.6. The molecule has 0 unspecified atom stereocenters. The standard InChI is InChI=1S/C12H17ClN3.ClHO4/c1-15(2)9-14-12(13)10-5-7-11(8-6-10)16(3)4;2-1(3,4)5/h5-9H,1-4H3;(H,2,3,4,5)/q+1;/p-1. The van der Waals surface area contributed by atoms with Crippen molar-refractivity contribution in [2.75, 3.05) is 33.1 Å². The van der Waals surface area contributed by atoms with Gasteiger partial charge >= 0.3 is 0 Å². The Morgan fingerprint density at radius 1 is 1.14 bits per heavy atom. The summed E-state index contributed by atoms with van der Waals surface area (Å²) < 4.78 is 35.8. The molecule has 0 aliphatic carbocycles. The number of rotatable bonds is 3. The first-order valence-electron chi connectivity index (χ1n) is 5.63. The number of halogens is 2. The maximum absolute atomic E-state index is 8.49. The summed E-state index contributed by atoms with van der Waals surface area (Å²) in [7, 11) is 2.88. The van der Waals surface area contributed by atoms with Gasteiger partial charge in [-0.05, 0) is 40.9 Å². The van der Waals surface area contributed by atoms with E-state index in [1.54, 1.807) is 6.34 Å². The minimum absolute atomic E-state index is 0.499. The van der Waals surface area contributed by atoms with Crippen molar-refractivity contribution in [3.63, 3.8) is 0 Å². The van der Waals surface area contributed by atoms with Crippen LogP contribution in [-0.2, 0) is 0 Å². The molecule has 9 heteroatoms. The van der Waals surface area contributed by atoms with Gasteiger partial charge < -0.3 is 4.90 Å². The Labute approximate surface area is 130 Å². The summed E-state index contributed by atoms with van der Waals surface area (Å²) >= 11 is 6.06. The molecule has 7 nitrogen and oxygen atoms in total. The van der Waals surface area contributed by atoms with E-state index in [0.29, 0.717) is 5.17 Å². The number of anilines is 1. The van der Waals surface area contributed by atoms with E-state index in [-0.39, 0.29) is 0 Å². The molecular weight excluding hydrogens is 321 g/mol. The van der Waals surface area contributed by atoms with Crippen LogP contribution in [0.1, 0.15) is 5.56 Å². The Bertz CT molecular complexity index is 486. The van der Waals surface area contributed by atoms with Gasteiger partial charge in [0.15, 0.2) is 0 Å². The Balaban J connectivity index is 0.000000690. The minimum Gasteiger partial charge on any atom is -0.378 e. The second-order valence-corrected chi connectivity index (χ2v) is 5.43. The van der Waals surface area contributed by atoms with E-state index in [2.05, 4.69) is 4.99 Å². The molecule has 118 valence electrons. The van der Waals surface area contributed by atoms with Gasteiger partial charge in [0, 0.05) is 25.3 Å². The number of nitrogens with zero attached hydrogens (tertiary/aromatic N) is 3. The number of hydrogen-bond donors (Lipinski definition) is 0. The van der Waals surface area contributed by atoms with E-state index in [4.69, 9.17) is 30.2 Å². The van der Waals surface area contributed by atoms with Crippen LogP contribution in [0, 0.1) is 10.2 Å². The highest BCUT2D eigenvalue weighted by molar-refractivity contribution is 6.70. The summed E-state index contributed by atoms with van der Waals surface area (Å²) in [6.45, 7) is 0. The molecule has 0 N–H and O–H groups in total. The van der Waals surface area contributed by atoms with Gasteiger partial charge in [-0.2, -0.15) is 0 Å². The van der Waals surface area contributed by atoms with Crippen LogP contribution in [-0.4, -0.2) is 44.3 Å². The van der Waals surface area contributed by atoms with Crippen LogP contribution in [0.4, 0.5) is 5.69 Å². The van der Waals surface area contributed by atoms with Crippen molar-refractivity contribution in [2.45, 2.75) is 0 Å². The molecule has 0 heterocycles. The monoisotopic (exact) mass is 337 g/mol. The van der Waals surface area contributed by atoms with Crippen LogP contribution < -0.4 is 23.5 Å². The largest absolute Gasteiger partial charge is 0.378 e. The van der Waals surface area contributed by atoms with Crippen molar-refractivity contribution in [3.8, 4) is 0 Å². The van der Waals surface area contributed by atoms with Crippen molar-refractivity contribution in [1.82, 2.24) is 0 Å². The lowest BCUT2D eigenvalue weighted by molar-refractivity contribution is -2.00. The van der Waals surface area contributed by atoms with E-state index < -0.39 is 10.2 Å². The quantitative estimate of drug-likeness (QED) is 0.338. The minimum atomic E-state index is -4.94. The Morgan fingerprint density at radius 3 is 1.90 bits per heavy atom. The van der Waals surface area contributed by atoms with Gasteiger partial charge in [0.2, 0.25) is 5.17 Å². The smallest absolute Gasteiger partial charge is 0.282 e. The molecule has 1 aromatic carbocycles. The lowest BCUT2D eigenvalue weighted by Gasteiger charge is -2.17. The molecular formula is C12H17Cl2N3O4. The van der Waals surface area contributed by atoms with Crippen LogP contribution in [0.2, 0.25) is 0 Å². The van der Waals surface area contributed by atoms with Crippen LogP contribution in [0.3, 0.4) is 0 Å². The molecule has 0 atom stereocenters. The van der Waals surface area contributed by atoms with Crippen LogP contribution in [0.5, 0.6) is 0 Å². The molecule has 0 spiro atoms. The molecule has 0 saturated carbocycles. The van der Waals surface area contributed by atoms with E-state index >= 15 is 0 Å². The topological polar surface area (TPSA) is 111 Å². The van der Waals surface area contributed by atoms with Crippen LogP contribution >= 0.6 is 11.6 Å². The van der Waals surface area contributed by atoms with Gasteiger partial charge in [-0.3, -0.25) is 4.58 Å². The average Bonchev–Trinajstić information content (AvgIpc) is 2.34. The number of benzene rings is 1. The molecule has 0 radical (unpaired) electrons. The molecule has 1 rings (SSSR count). The first-order valence-corrected chi connectivity index (χ1v) is 7.24. The predicted molar refractivity (Wildman–Crippen MR) is 71.3 cm³/mol. The molecule has 0 saturated heterocycles. The zero-order valence-electron chi connectivity index (χ0n) is 12.1. The van der Waals surface area contributed by atoms with Crippen LogP contribution in [0.25, 0.3) is 0 Å². The second-order valence-electron chi connectivity index (χ2n) is 4.32. The Morgan fingerprint density at radius 2 is 1.57 bits per heavy atom. The fourth-order valence-corrected chi connectivity index (χ4v) is 1.31. The summed E-state index contributed by atoms with van der Waals surface area (Å²) in [4.78, 5) is 6.18. The van der Waals surface area contributed by atoms with Gasteiger partial charge in [0.05, 0.1) is 14.1 Å². The molecule has 0 amide bonds. The maximum Gasteiger partial charge on any atom is 0.282 e. The van der Waals surface area contributed by atoms with Crippen molar-refractivity contribution >= 4 is 28.8 Å². The highest BCUT2D eigenvalue weighted by atomic mass is 35.7. The second kappa shape index (κ2) is 8.93. The van der Waals surface area contributed by atoms with E-state index in [1.165, 1.54) is 0 Å². The summed E-state index contributed by atoms with van der Waals surface area (Å²) in [5.41, 5.74) is 2.06. The number of aliphatic imine (C=N–C) groups is 1. The highest BCUT2D eigenvalue weighted by Gasteiger charge is 2.04. The molecule has 0 aliphatic rings. The first kappa shape index (κ1) is 19.8. The van der Waals surface area contributed by atoms with E-state index in [0.717, 1.165) is 11.3 Å². The van der Waals surface area contributed by atoms with Gasteiger partial charge in [-0.25, -0.2) is 18.6 Å². The van der Waals surface area contributed by atoms with E-state index in [9.17, 15) is 0 Å². The van der Waals surface area contributed by atoms with Crippen molar-refractivity contribution in [3.05, 3.63) is 29.8 Å². The Kier molecular flexibility index (Phi) is 8.41. The first-order chi connectivity index (χ1) is 9.50. The molecule has 1 aromatic rings. The van der Waals surface area contributed by atoms with Gasteiger partial charge in [-0.1, -0.05) is 0 Å². The molecule has 0 aliphatic heterocycles. The SMILES string of the molecule is CN(C)c1ccc(C(Cl)=NC=[N+](C)C)cc1.[O-][Cl+3]([O-])([O-])[O-]. The Hall–Kier alpha value is -1.22. The molecule has 0 fully saturated rings. The third-order valence-electron chi connectivity index (χ3n) is 2.02. The highest BCUT2D eigenvalue weighted by Crippen LogP contribution is 2.13. The zero-order valence-corrected chi connectivity index (χ0v) is 13.6. The number of hydrogen-bond acceptors (Lipinski definition) is 5. The van der Waals surface area contributed by atoms with Gasteiger partial charge in [-0.15, -0.1) is 10.2 Å². The van der Waals surface area contributed by atoms with Gasteiger partial charge in [0.25, 0.3) is 6.34 Å². The fourth-order valence-electron chi connectivity index (χ4n) is 1.14. The normalized spacial score (nSPS) is 11.4. The predicted octanol–water partition coefficient (Wildman–Crippen LogP) is -2.72. The van der Waals surface area contributed by atoms with Gasteiger partial charge in [0.1, 0.15) is 0 Å². The summed E-state index contributed by atoms with van der Waals surface area (Å²) in [6.07, 6.45) is 1.68. The molecule has 21 heavy (non-hydrogen) atoms. The third-order valence-corrected chi connectivity index (χ3v) is 2.34. The van der Waals surface area contributed by atoms with Crippen LogP contribution in [0.15, 0.2) is 29.3 Å². The molecule has 0 aromatic heterocycles. The average molecular weight is 338 g/mol. The van der Waals surface area contributed by atoms with E-state index in [1.807, 2.05) is 61.9 Å². The fraction of sp³-hybridized carbons (Fsp3) is 0.333. The van der Waals surface area contributed by atoms with Crippen molar-refractivity contribution < 1.29 is 33.5 Å². The lowest BCUT2D eigenvalue weighted by Crippen LogP contribution is -2.68. The molecule has 0 bridgehead atoms. The van der Waals surface area contributed by atoms with Crippen molar-refractivity contribution in [1.29, 1.82) is 0 Å².